The first kappa shape index (κ1) is 9.53. The molecule has 2 rings (SSSR count). The van der Waals surface area contributed by atoms with Gasteiger partial charge in [0.25, 0.3) is 0 Å². The highest BCUT2D eigenvalue weighted by molar-refractivity contribution is 5.36. The maximum absolute atomic E-state index is 5.83. The minimum atomic E-state index is 0.161. The van der Waals surface area contributed by atoms with Crippen LogP contribution in [0.3, 0.4) is 0 Å². The summed E-state index contributed by atoms with van der Waals surface area (Å²) >= 11 is 0. The molecule has 0 aromatic heterocycles. The average molecular weight is 191 g/mol. The first-order valence-electron chi connectivity index (χ1n) is 5.20. The van der Waals surface area contributed by atoms with Gasteiger partial charge in [-0.25, -0.2) is 0 Å². The topological polar surface area (TPSA) is 35.2 Å². The second-order valence-corrected chi connectivity index (χ2v) is 4.13. The summed E-state index contributed by atoms with van der Waals surface area (Å²) in [6, 6.07) is 8.24. The van der Waals surface area contributed by atoms with Crippen LogP contribution in [0.25, 0.3) is 0 Å². The molecular weight excluding hydrogens is 174 g/mol. The van der Waals surface area contributed by atoms with Gasteiger partial charge in [-0.3, -0.25) is 0 Å². The van der Waals surface area contributed by atoms with Crippen molar-refractivity contribution in [2.24, 2.45) is 11.1 Å². The second kappa shape index (κ2) is 3.62. The maximum atomic E-state index is 5.83. The van der Waals surface area contributed by atoms with Crippen molar-refractivity contribution in [2.45, 2.75) is 19.8 Å². The van der Waals surface area contributed by atoms with E-state index in [0.29, 0.717) is 6.54 Å². The number of rotatable bonds is 2. The third-order valence-corrected chi connectivity index (χ3v) is 3.25. The van der Waals surface area contributed by atoms with Gasteiger partial charge in [-0.1, -0.05) is 25.1 Å². The fourth-order valence-electron chi connectivity index (χ4n) is 1.98. The minimum Gasteiger partial charge on any atom is -0.493 e. The summed E-state index contributed by atoms with van der Waals surface area (Å²) in [6.07, 6.45) is 2.13. The Morgan fingerprint density at radius 2 is 2.21 bits per heavy atom. The molecular formula is C12H17NO. The number of hydrogen-bond acceptors (Lipinski definition) is 2. The summed E-state index contributed by atoms with van der Waals surface area (Å²) in [5.41, 5.74) is 7.28. The Kier molecular flexibility index (Phi) is 2.46. The second-order valence-electron chi connectivity index (χ2n) is 4.13. The third-order valence-electron chi connectivity index (χ3n) is 3.25. The zero-order valence-corrected chi connectivity index (χ0v) is 8.62. The van der Waals surface area contributed by atoms with Gasteiger partial charge in [0.1, 0.15) is 5.75 Å². The molecule has 0 fully saturated rings. The molecule has 0 bridgehead atoms. The van der Waals surface area contributed by atoms with Gasteiger partial charge in [0.05, 0.1) is 6.61 Å². The van der Waals surface area contributed by atoms with Crippen molar-refractivity contribution in [3.8, 4) is 5.75 Å². The Labute approximate surface area is 85.1 Å². The molecule has 0 aliphatic carbocycles. The highest BCUT2D eigenvalue weighted by Gasteiger charge is 2.32. The van der Waals surface area contributed by atoms with Crippen molar-refractivity contribution < 1.29 is 4.74 Å². The van der Waals surface area contributed by atoms with E-state index in [1.165, 1.54) is 5.56 Å². The molecule has 76 valence electrons. The van der Waals surface area contributed by atoms with Crippen molar-refractivity contribution in [1.82, 2.24) is 0 Å². The van der Waals surface area contributed by atoms with Gasteiger partial charge in [0.15, 0.2) is 0 Å². The summed E-state index contributed by atoms with van der Waals surface area (Å²) < 4.78 is 5.74. The molecule has 1 heterocycles. The van der Waals surface area contributed by atoms with E-state index in [2.05, 4.69) is 19.1 Å². The Hall–Kier alpha value is -1.02. The van der Waals surface area contributed by atoms with Gasteiger partial charge in [-0.15, -0.1) is 0 Å². The molecule has 1 aromatic rings. The van der Waals surface area contributed by atoms with E-state index in [1.54, 1.807) is 0 Å². The summed E-state index contributed by atoms with van der Waals surface area (Å²) in [5, 5.41) is 0. The number of ether oxygens (including phenoxy) is 1. The summed E-state index contributed by atoms with van der Waals surface area (Å²) in [6.45, 7) is 3.65. The fraction of sp³-hybridized carbons (Fsp3) is 0.500. The third kappa shape index (κ3) is 1.50. The van der Waals surface area contributed by atoms with Crippen LogP contribution in [-0.2, 0) is 6.42 Å². The summed E-state index contributed by atoms with van der Waals surface area (Å²) in [7, 11) is 0. The van der Waals surface area contributed by atoms with E-state index in [4.69, 9.17) is 10.5 Å². The standard InChI is InChI=1S/C12H17NO/c1-2-12(8-13)7-10-5-3-4-6-11(10)14-9-12/h3-6H,2,7-9,13H2,1H3. The molecule has 14 heavy (non-hydrogen) atoms. The van der Waals surface area contributed by atoms with Gasteiger partial charge < -0.3 is 10.5 Å². The number of para-hydroxylation sites is 1. The quantitative estimate of drug-likeness (QED) is 0.775. The van der Waals surface area contributed by atoms with E-state index in [-0.39, 0.29) is 5.41 Å². The largest absolute Gasteiger partial charge is 0.493 e. The lowest BCUT2D eigenvalue weighted by Gasteiger charge is -2.36. The number of fused-ring (bicyclic) bond motifs is 1. The van der Waals surface area contributed by atoms with Crippen LogP contribution in [0.1, 0.15) is 18.9 Å². The molecule has 0 saturated carbocycles. The van der Waals surface area contributed by atoms with Crippen LogP contribution in [0.2, 0.25) is 0 Å². The normalized spacial score (nSPS) is 25.3. The average Bonchev–Trinajstić information content (AvgIpc) is 2.28. The van der Waals surface area contributed by atoms with Gasteiger partial charge in [0, 0.05) is 12.0 Å². The highest BCUT2D eigenvalue weighted by atomic mass is 16.5. The minimum absolute atomic E-state index is 0.161. The van der Waals surface area contributed by atoms with E-state index in [9.17, 15) is 0 Å². The van der Waals surface area contributed by atoms with Crippen molar-refractivity contribution in [3.05, 3.63) is 29.8 Å². The maximum Gasteiger partial charge on any atom is 0.122 e. The molecule has 0 radical (unpaired) electrons. The molecule has 1 aliphatic rings. The first-order valence-corrected chi connectivity index (χ1v) is 5.20. The number of benzene rings is 1. The van der Waals surface area contributed by atoms with Crippen LogP contribution < -0.4 is 10.5 Å². The van der Waals surface area contributed by atoms with Crippen LogP contribution in [0.5, 0.6) is 5.75 Å². The Morgan fingerprint density at radius 1 is 1.43 bits per heavy atom. The number of nitrogens with two attached hydrogens (primary N) is 1. The molecule has 2 N–H and O–H groups in total. The zero-order valence-electron chi connectivity index (χ0n) is 8.62. The zero-order chi connectivity index (χ0) is 10.0. The van der Waals surface area contributed by atoms with E-state index in [0.717, 1.165) is 25.2 Å². The Morgan fingerprint density at radius 3 is 2.93 bits per heavy atom. The van der Waals surface area contributed by atoms with Gasteiger partial charge >= 0.3 is 0 Å². The lowest BCUT2D eigenvalue weighted by Crippen LogP contribution is -2.40. The molecule has 2 nitrogen and oxygen atoms in total. The van der Waals surface area contributed by atoms with Gasteiger partial charge in [-0.2, -0.15) is 0 Å². The van der Waals surface area contributed by atoms with Crippen molar-refractivity contribution in [1.29, 1.82) is 0 Å². The van der Waals surface area contributed by atoms with E-state index >= 15 is 0 Å². The van der Waals surface area contributed by atoms with E-state index in [1.807, 2.05) is 12.1 Å². The Balaban J connectivity index is 2.28. The molecule has 1 aromatic carbocycles. The molecule has 1 aliphatic heterocycles. The SMILES string of the molecule is CCC1(CN)COc2ccccc2C1. The van der Waals surface area contributed by atoms with Crippen LogP contribution in [0, 0.1) is 5.41 Å². The van der Waals surface area contributed by atoms with Crippen LogP contribution >= 0.6 is 0 Å². The molecule has 2 heteroatoms. The first-order chi connectivity index (χ1) is 6.79. The van der Waals surface area contributed by atoms with Crippen molar-refractivity contribution >= 4 is 0 Å². The fourth-order valence-corrected chi connectivity index (χ4v) is 1.98. The predicted molar refractivity (Wildman–Crippen MR) is 57.4 cm³/mol. The van der Waals surface area contributed by atoms with E-state index < -0.39 is 0 Å². The summed E-state index contributed by atoms with van der Waals surface area (Å²) in [5.74, 6) is 1.03. The molecule has 0 amide bonds. The van der Waals surface area contributed by atoms with Crippen LogP contribution in [0.15, 0.2) is 24.3 Å². The Bertz CT molecular complexity index is 318. The van der Waals surface area contributed by atoms with Crippen LogP contribution in [0.4, 0.5) is 0 Å². The predicted octanol–water partition coefficient (Wildman–Crippen LogP) is 1.98. The van der Waals surface area contributed by atoms with Crippen molar-refractivity contribution in [2.75, 3.05) is 13.2 Å². The molecule has 0 saturated heterocycles. The highest BCUT2D eigenvalue weighted by Crippen LogP contribution is 2.35. The number of hydrogen-bond donors (Lipinski definition) is 1. The van der Waals surface area contributed by atoms with Gasteiger partial charge in [-0.05, 0) is 24.5 Å². The lowest BCUT2D eigenvalue weighted by atomic mass is 9.78. The smallest absolute Gasteiger partial charge is 0.122 e. The van der Waals surface area contributed by atoms with Crippen molar-refractivity contribution in [3.63, 3.8) is 0 Å². The van der Waals surface area contributed by atoms with Gasteiger partial charge in [0.2, 0.25) is 0 Å². The monoisotopic (exact) mass is 191 g/mol. The molecule has 0 spiro atoms. The van der Waals surface area contributed by atoms with Crippen LogP contribution in [-0.4, -0.2) is 13.2 Å². The molecule has 1 atom stereocenters. The lowest BCUT2D eigenvalue weighted by molar-refractivity contribution is 0.122. The molecule has 1 unspecified atom stereocenters. The summed E-state index contributed by atoms with van der Waals surface area (Å²) in [4.78, 5) is 0.